The van der Waals surface area contributed by atoms with Crippen molar-refractivity contribution in [1.82, 2.24) is 14.7 Å². The third kappa shape index (κ3) is 3.74. The number of rotatable bonds is 3. The molecular formula is C19H17ClN4O2S. The Morgan fingerprint density at radius 2 is 1.74 bits per heavy atom. The Hall–Kier alpha value is -2.64. The van der Waals surface area contributed by atoms with Gasteiger partial charge in [-0.2, -0.15) is 4.68 Å². The molecule has 0 unspecified atom stereocenters. The van der Waals surface area contributed by atoms with Gasteiger partial charge in [0.15, 0.2) is 0 Å². The predicted molar refractivity (Wildman–Crippen MR) is 107 cm³/mol. The molecule has 8 heteroatoms. The third-order valence-electron chi connectivity index (χ3n) is 4.48. The van der Waals surface area contributed by atoms with Gasteiger partial charge in [-0.3, -0.25) is 9.59 Å². The van der Waals surface area contributed by atoms with Crippen LogP contribution >= 0.6 is 22.9 Å². The van der Waals surface area contributed by atoms with Crippen molar-refractivity contribution in [2.75, 3.05) is 31.1 Å². The summed E-state index contributed by atoms with van der Waals surface area (Å²) in [7, 11) is 0. The van der Waals surface area contributed by atoms with Crippen LogP contribution in [0, 0.1) is 0 Å². The second-order valence-electron chi connectivity index (χ2n) is 6.17. The summed E-state index contributed by atoms with van der Waals surface area (Å²) in [4.78, 5) is 29.4. The summed E-state index contributed by atoms with van der Waals surface area (Å²) < 4.78 is 1.37. The fraction of sp³-hybridized carbons (Fsp3) is 0.211. The van der Waals surface area contributed by atoms with E-state index in [1.807, 2.05) is 22.4 Å². The molecule has 6 nitrogen and oxygen atoms in total. The summed E-state index contributed by atoms with van der Waals surface area (Å²) >= 11 is 7.38. The quantitative estimate of drug-likeness (QED) is 0.678. The van der Waals surface area contributed by atoms with E-state index in [1.165, 1.54) is 22.1 Å². The number of halogens is 1. The standard InChI is InChI=1S/C19H17ClN4O2S/c20-14-3-5-15(6-4-14)24-18(25)8-7-17(21-24)22-9-11-23(12-10-22)19(26)16-2-1-13-27-16/h1-8,13H,9-12H2. The molecule has 0 saturated carbocycles. The predicted octanol–water partition coefficient (Wildman–Crippen LogP) is 2.91. The molecule has 0 N–H and O–H groups in total. The van der Waals surface area contributed by atoms with Crippen LogP contribution in [0.15, 0.2) is 58.7 Å². The Morgan fingerprint density at radius 1 is 1.00 bits per heavy atom. The number of thiophene rings is 1. The molecule has 0 spiro atoms. The van der Waals surface area contributed by atoms with Crippen molar-refractivity contribution < 1.29 is 4.79 Å². The lowest BCUT2D eigenvalue weighted by molar-refractivity contribution is 0.0751. The van der Waals surface area contributed by atoms with E-state index in [0.29, 0.717) is 42.7 Å². The van der Waals surface area contributed by atoms with Crippen molar-refractivity contribution in [3.05, 3.63) is 74.2 Å². The summed E-state index contributed by atoms with van der Waals surface area (Å²) in [6, 6.07) is 14.0. The number of hydrogen-bond acceptors (Lipinski definition) is 5. The van der Waals surface area contributed by atoms with Gasteiger partial charge in [-0.05, 0) is 41.8 Å². The zero-order valence-electron chi connectivity index (χ0n) is 14.4. The molecule has 1 saturated heterocycles. The zero-order chi connectivity index (χ0) is 18.8. The van der Waals surface area contributed by atoms with Gasteiger partial charge in [0.2, 0.25) is 0 Å². The number of aromatic nitrogens is 2. The number of hydrogen-bond donors (Lipinski definition) is 0. The van der Waals surface area contributed by atoms with Gasteiger partial charge < -0.3 is 9.80 Å². The Kier molecular flexibility index (Phi) is 4.96. The Morgan fingerprint density at radius 3 is 2.41 bits per heavy atom. The molecule has 0 bridgehead atoms. The number of anilines is 1. The summed E-state index contributed by atoms with van der Waals surface area (Å²) in [5.41, 5.74) is 0.463. The van der Waals surface area contributed by atoms with Gasteiger partial charge in [-0.25, -0.2) is 0 Å². The van der Waals surface area contributed by atoms with Crippen molar-refractivity contribution in [3.63, 3.8) is 0 Å². The van der Waals surface area contributed by atoms with E-state index in [0.717, 1.165) is 4.88 Å². The Labute approximate surface area is 165 Å². The van der Waals surface area contributed by atoms with Crippen molar-refractivity contribution in [1.29, 1.82) is 0 Å². The summed E-state index contributed by atoms with van der Waals surface area (Å²) in [6.45, 7) is 2.59. The molecule has 1 fully saturated rings. The maximum absolute atomic E-state index is 12.5. The van der Waals surface area contributed by atoms with Crippen molar-refractivity contribution in [2.45, 2.75) is 0 Å². The molecule has 0 atom stereocenters. The van der Waals surface area contributed by atoms with Crippen LogP contribution in [0.3, 0.4) is 0 Å². The SMILES string of the molecule is O=C(c1cccs1)N1CCN(c2ccc(=O)n(-c3ccc(Cl)cc3)n2)CC1. The average molecular weight is 401 g/mol. The Bertz CT molecular complexity index is 993. The van der Waals surface area contributed by atoms with Crippen molar-refractivity contribution in [3.8, 4) is 5.69 Å². The van der Waals surface area contributed by atoms with Crippen LogP contribution in [-0.2, 0) is 0 Å². The second kappa shape index (κ2) is 7.54. The minimum atomic E-state index is -0.201. The number of benzene rings is 1. The fourth-order valence-corrected chi connectivity index (χ4v) is 3.85. The number of piperazine rings is 1. The van der Waals surface area contributed by atoms with E-state index < -0.39 is 0 Å². The van der Waals surface area contributed by atoms with Gasteiger partial charge in [0.1, 0.15) is 5.82 Å². The van der Waals surface area contributed by atoms with Crippen LogP contribution in [0.1, 0.15) is 9.67 Å². The maximum atomic E-state index is 12.5. The largest absolute Gasteiger partial charge is 0.352 e. The zero-order valence-corrected chi connectivity index (χ0v) is 16.0. The molecule has 1 aliphatic rings. The van der Waals surface area contributed by atoms with E-state index >= 15 is 0 Å². The third-order valence-corrected chi connectivity index (χ3v) is 5.59. The van der Waals surface area contributed by atoms with Gasteiger partial charge in [0.05, 0.1) is 10.6 Å². The van der Waals surface area contributed by atoms with Gasteiger partial charge in [-0.15, -0.1) is 16.4 Å². The molecule has 4 rings (SSSR count). The summed E-state index contributed by atoms with van der Waals surface area (Å²) in [6.07, 6.45) is 0. The van der Waals surface area contributed by atoms with Crippen molar-refractivity contribution >= 4 is 34.7 Å². The first-order chi connectivity index (χ1) is 13.1. The smallest absolute Gasteiger partial charge is 0.271 e. The molecule has 2 aromatic heterocycles. The van der Waals surface area contributed by atoms with Gasteiger partial charge in [0.25, 0.3) is 11.5 Å². The Balaban J connectivity index is 1.50. The molecule has 1 aliphatic heterocycles. The monoisotopic (exact) mass is 400 g/mol. The van der Waals surface area contributed by atoms with E-state index in [-0.39, 0.29) is 11.5 Å². The fourth-order valence-electron chi connectivity index (χ4n) is 3.03. The first-order valence-electron chi connectivity index (χ1n) is 8.56. The first-order valence-corrected chi connectivity index (χ1v) is 9.82. The minimum Gasteiger partial charge on any atom is -0.352 e. The summed E-state index contributed by atoms with van der Waals surface area (Å²) in [5.74, 6) is 0.788. The normalized spacial score (nSPS) is 14.4. The van der Waals surface area contributed by atoms with Gasteiger partial charge >= 0.3 is 0 Å². The van der Waals surface area contributed by atoms with Crippen LogP contribution in [0.5, 0.6) is 0 Å². The lowest BCUT2D eigenvalue weighted by Gasteiger charge is -2.35. The maximum Gasteiger partial charge on any atom is 0.271 e. The first kappa shape index (κ1) is 17.8. The highest BCUT2D eigenvalue weighted by Gasteiger charge is 2.23. The van der Waals surface area contributed by atoms with Gasteiger partial charge in [-0.1, -0.05) is 17.7 Å². The summed E-state index contributed by atoms with van der Waals surface area (Å²) in [5, 5.41) is 7.02. The van der Waals surface area contributed by atoms with E-state index in [9.17, 15) is 9.59 Å². The van der Waals surface area contributed by atoms with E-state index in [4.69, 9.17) is 11.6 Å². The highest BCUT2D eigenvalue weighted by atomic mass is 35.5. The van der Waals surface area contributed by atoms with Crippen LogP contribution < -0.4 is 10.5 Å². The molecule has 1 amide bonds. The van der Waals surface area contributed by atoms with Crippen LogP contribution in [0.25, 0.3) is 5.69 Å². The molecule has 0 aliphatic carbocycles. The van der Waals surface area contributed by atoms with Crippen LogP contribution in [-0.4, -0.2) is 46.8 Å². The number of carbonyl (C=O) groups excluding carboxylic acids is 1. The number of amides is 1. The topological polar surface area (TPSA) is 58.4 Å². The lowest BCUT2D eigenvalue weighted by atomic mass is 10.3. The van der Waals surface area contributed by atoms with E-state index in [2.05, 4.69) is 10.00 Å². The van der Waals surface area contributed by atoms with E-state index in [1.54, 1.807) is 30.3 Å². The molecule has 27 heavy (non-hydrogen) atoms. The van der Waals surface area contributed by atoms with Gasteiger partial charge in [0, 0.05) is 37.3 Å². The lowest BCUT2D eigenvalue weighted by Crippen LogP contribution is -2.49. The molecular weight excluding hydrogens is 384 g/mol. The number of nitrogens with zero attached hydrogens (tertiary/aromatic N) is 4. The molecule has 1 aromatic carbocycles. The van der Waals surface area contributed by atoms with Crippen LogP contribution in [0.4, 0.5) is 5.82 Å². The van der Waals surface area contributed by atoms with Crippen molar-refractivity contribution in [2.24, 2.45) is 0 Å². The highest BCUT2D eigenvalue weighted by molar-refractivity contribution is 7.12. The minimum absolute atomic E-state index is 0.0729. The molecule has 0 radical (unpaired) electrons. The molecule has 138 valence electrons. The highest BCUT2D eigenvalue weighted by Crippen LogP contribution is 2.17. The molecule has 3 heterocycles. The number of carbonyl (C=O) groups is 1. The van der Waals surface area contributed by atoms with Crippen LogP contribution in [0.2, 0.25) is 5.02 Å². The average Bonchev–Trinajstić information content (AvgIpc) is 3.24. The molecule has 3 aromatic rings. The second-order valence-corrected chi connectivity index (χ2v) is 7.56.